The number of fused-ring (bicyclic) bond motifs is 1. The van der Waals surface area contributed by atoms with Crippen molar-refractivity contribution in [2.24, 2.45) is 0 Å². The van der Waals surface area contributed by atoms with E-state index in [-0.39, 0.29) is 5.82 Å². The molecule has 9 heteroatoms. The Hall–Kier alpha value is -4.14. The van der Waals surface area contributed by atoms with E-state index < -0.39 is 0 Å². The van der Waals surface area contributed by atoms with E-state index in [0.29, 0.717) is 23.0 Å². The van der Waals surface area contributed by atoms with Crippen LogP contribution in [-0.4, -0.2) is 41.7 Å². The number of hydrogen-bond donors (Lipinski definition) is 0. The highest BCUT2D eigenvalue weighted by molar-refractivity contribution is 5.81. The van der Waals surface area contributed by atoms with Crippen molar-refractivity contribution in [2.45, 2.75) is 0 Å². The predicted octanol–water partition coefficient (Wildman–Crippen LogP) is 3.19. The molecule has 4 heterocycles. The number of hydrogen-bond acceptors (Lipinski definition) is 6. The van der Waals surface area contributed by atoms with Crippen LogP contribution in [0, 0.1) is 5.82 Å². The van der Waals surface area contributed by atoms with E-state index in [2.05, 4.69) is 20.3 Å². The molecular formula is C20H14FN7O. The first-order valence-corrected chi connectivity index (χ1v) is 8.75. The van der Waals surface area contributed by atoms with Crippen LogP contribution < -0.4 is 4.74 Å². The van der Waals surface area contributed by atoms with Crippen LogP contribution >= 0.6 is 0 Å². The Morgan fingerprint density at radius 3 is 2.66 bits per heavy atom. The summed E-state index contributed by atoms with van der Waals surface area (Å²) < 4.78 is 21.9. The fraction of sp³-hybridized carbons (Fsp3) is 0.0500. The molecule has 0 amide bonds. The predicted molar refractivity (Wildman–Crippen MR) is 103 cm³/mol. The maximum Gasteiger partial charge on any atom is 0.213 e. The second kappa shape index (κ2) is 6.79. The molecule has 0 fully saturated rings. The molecule has 0 radical (unpaired) electrons. The number of pyridine rings is 1. The van der Waals surface area contributed by atoms with Crippen molar-refractivity contribution in [3.05, 3.63) is 73.1 Å². The molecule has 142 valence electrons. The van der Waals surface area contributed by atoms with Crippen molar-refractivity contribution >= 4 is 5.65 Å². The van der Waals surface area contributed by atoms with Gasteiger partial charge in [0.05, 0.1) is 7.11 Å². The zero-order chi connectivity index (χ0) is 19.8. The van der Waals surface area contributed by atoms with Crippen LogP contribution in [0.2, 0.25) is 0 Å². The van der Waals surface area contributed by atoms with Gasteiger partial charge in [0.25, 0.3) is 0 Å². The highest BCUT2D eigenvalue weighted by Crippen LogP contribution is 2.33. The Labute approximate surface area is 164 Å². The van der Waals surface area contributed by atoms with Gasteiger partial charge in [-0.2, -0.15) is 9.61 Å². The van der Waals surface area contributed by atoms with Crippen LogP contribution in [0.25, 0.3) is 33.8 Å². The third-order valence-electron chi connectivity index (χ3n) is 4.47. The van der Waals surface area contributed by atoms with Crippen LogP contribution in [-0.2, 0) is 0 Å². The maximum atomic E-state index is 13.4. The molecular weight excluding hydrogens is 373 g/mol. The summed E-state index contributed by atoms with van der Waals surface area (Å²) in [6, 6.07) is 13.5. The lowest BCUT2D eigenvalue weighted by Gasteiger charge is -2.04. The van der Waals surface area contributed by atoms with Crippen LogP contribution in [0.4, 0.5) is 4.39 Å². The number of benzene rings is 1. The Morgan fingerprint density at radius 2 is 1.83 bits per heavy atom. The van der Waals surface area contributed by atoms with Gasteiger partial charge in [0.1, 0.15) is 17.8 Å². The largest absolute Gasteiger partial charge is 0.481 e. The van der Waals surface area contributed by atoms with E-state index in [0.717, 1.165) is 16.7 Å². The third-order valence-corrected chi connectivity index (χ3v) is 4.47. The summed E-state index contributed by atoms with van der Waals surface area (Å²) >= 11 is 0. The molecule has 1 aromatic carbocycles. The van der Waals surface area contributed by atoms with Crippen LogP contribution in [0.5, 0.6) is 5.88 Å². The molecule has 0 spiro atoms. The van der Waals surface area contributed by atoms with E-state index in [9.17, 15) is 4.39 Å². The van der Waals surface area contributed by atoms with Gasteiger partial charge in [-0.25, -0.2) is 14.1 Å². The van der Waals surface area contributed by atoms with Gasteiger partial charge in [-0.15, -0.1) is 15.3 Å². The van der Waals surface area contributed by atoms with Gasteiger partial charge in [0, 0.05) is 29.6 Å². The molecule has 0 bridgehead atoms. The maximum absolute atomic E-state index is 13.4. The summed E-state index contributed by atoms with van der Waals surface area (Å²) in [7, 11) is 1.56. The summed E-state index contributed by atoms with van der Waals surface area (Å²) in [6.45, 7) is 0. The molecule has 0 aliphatic carbocycles. The normalized spacial score (nSPS) is 11.1. The fourth-order valence-corrected chi connectivity index (χ4v) is 3.05. The number of ether oxygens (including phenoxy) is 1. The first kappa shape index (κ1) is 17.0. The van der Waals surface area contributed by atoms with Gasteiger partial charge in [0.2, 0.25) is 5.88 Å². The second-order valence-electron chi connectivity index (χ2n) is 6.25. The SMILES string of the molecule is COc1cc(-c2cn(-c3ccc4nncn4n3)nc2-c2ccc(F)cc2)ccn1. The summed E-state index contributed by atoms with van der Waals surface area (Å²) in [5.74, 6) is 0.775. The minimum absolute atomic E-state index is 0.306. The molecule has 0 unspecified atom stereocenters. The topological polar surface area (TPSA) is 83.0 Å². The lowest BCUT2D eigenvalue weighted by molar-refractivity contribution is 0.398. The van der Waals surface area contributed by atoms with Crippen LogP contribution in [0.1, 0.15) is 0 Å². The van der Waals surface area contributed by atoms with E-state index >= 15 is 0 Å². The van der Waals surface area contributed by atoms with Gasteiger partial charge in [-0.1, -0.05) is 0 Å². The molecule has 0 aliphatic heterocycles. The summed E-state index contributed by atoms with van der Waals surface area (Å²) in [6.07, 6.45) is 5.06. The highest BCUT2D eigenvalue weighted by Gasteiger charge is 2.16. The average Bonchev–Trinajstić information content (AvgIpc) is 3.41. The van der Waals surface area contributed by atoms with Crippen molar-refractivity contribution in [2.75, 3.05) is 7.11 Å². The standard InChI is InChI=1S/C20H14FN7O/c1-29-19-10-14(8-9-22-19)16-11-27(18-7-6-17-24-23-12-28(17)25-18)26-20(16)13-2-4-15(21)5-3-13/h2-12H,1H3. The third kappa shape index (κ3) is 3.08. The molecule has 8 nitrogen and oxygen atoms in total. The number of aromatic nitrogens is 7. The quantitative estimate of drug-likeness (QED) is 0.471. The van der Waals surface area contributed by atoms with Gasteiger partial charge in [-0.05, 0) is 48.0 Å². The summed E-state index contributed by atoms with van der Waals surface area (Å²) in [5.41, 5.74) is 3.81. The van der Waals surface area contributed by atoms with Crippen molar-refractivity contribution in [3.63, 3.8) is 0 Å². The fourth-order valence-electron chi connectivity index (χ4n) is 3.05. The van der Waals surface area contributed by atoms with Gasteiger partial charge < -0.3 is 4.74 Å². The Kier molecular flexibility index (Phi) is 3.98. The first-order chi connectivity index (χ1) is 14.2. The van der Waals surface area contributed by atoms with E-state index in [1.807, 2.05) is 30.5 Å². The number of nitrogens with zero attached hydrogens (tertiary/aromatic N) is 7. The highest BCUT2D eigenvalue weighted by atomic mass is 19.1. The number of rotatable bonds is 4. The Morgan fingerprint density at radius 1 is 0.966 bits per heavy atom. The molecule has 5 aromatic rings. The first-order valence-electron chi connectivity index (χ1n) is 8.75. The van der Waals surface area contributed by atoms with Crippen molar-refractivity contribution in [3.8, 4) is 34.1 Å². The van der Waals surface area contributed by atoms with Crippen LogP contribution in [0.3, 0.4) is 0 Å². The zero-order valence-electron chi connectivity index (χ0n) is 15.3. The molecule has 0 aliphatic rings. The summed E-state index contributed by atoms with van der Waals surface area (Å²) in [5, 5.41) is 17.0. The molecule has 0 saturated heterocycles. The molecule has 29 heavy (non-hydrogen) atoms. The Bertz CT molecular complexity index is 1310. The smallest absolute Gasteiger partial charge is 0.213 e. The molecule has 0 atom stereocenters. The van der Waals surface area contributed by atoms with E-state index in [1.165, 1.54) is 18.5 Å². The Balaban J connectivity index is 1.69. The molecule has 5 rings (SSSR count). The molecule has 0 saturated carbocycles. The zero-order valence-corrected chi connectivity index (χ0v) is 15.3. The van der Waals surface area contributed by atoms with Crippen molar-refractivity contribution < 1.29 is 9.13 Å². The van der Waals surface area contributed by atoms with Gasteiger partial charge in [-0.3, -0.25) is 0 Å². The lowest BCUT2D eigenvalue weighted by atomic mass is 10.0. The second-order valence-corrected chi connectivity index (χ2v) is 6.25. The number of methoxy groups -OCH3 is 1. The molecule has 4 aromatic heterocycles. The average molecular weight is 387 g/mol. The minimum atomic E-state index is -0.306. The lowest BCUT2D eigenvalue weighted by Crippen LogP contribution is -2.02. The monoisotopic (exact) mass is 387 g/mol. The summed E-state index contributed by atoms with van der Waals surface area (Å²) in [4.78, 5) is 4.16. The number of halogens is 1. The molecule has 0 N–H and O–H groups in total. The van der Waals surface area contributed by atoms with Gasteiger partial charge in [0.15, 0.2) is 11.5 Å². The van der Waals surface area contributed by atoms with Gasteiger partial charge >= 0.3 is 0 Å². The van der Waals surface area contributed by atoms with E-state index in [4.69, 9.17) is 9.84 Å². The minimum Gasteiger partial charge on any atom is -0.481 e. The van der Waals surface area contributed by atoms with E-state index in [1.54, 1.807) is 34.6 Å². The van der Waals surface area contributed by atoms with Crippen molar-refractivity contribution in [1.29, 1.82) is 0 Å². The van der Waals surface area contributed by atoms with Crippen molar-refractivity contribution in [1.82, 2.24) is 34.6 Å². The van der Waals surface area contributed by atoms with Crippen LogP contribution in [0.15, 0.2) is 67.3 Å².